The first-order valence-electron chi connectivity index (χ1n) is 5.31. The van der Waals surface area contributed by atoms with Crippen LogP contribution in [-0.2, 0) is 10.0 Å². The van der Waals surface area contributed by atoms with E-state index in [0.717, 1.165) is 32.4 Å². The van der Waals surface area contributed by atoms with Gasteiger partial charge in [-0.2, -0.15) is 0 Å². The maximum atomic E-state index is 11.7. The summed E-state index contributed by atoms with van der Waals surface area (Å²) < 4.78 is 26.2. The van der Waals surface area contributed by atoms with Crippen molar-refractivity contribution in [2.75, 3.05) is 13.1 Å². The highest BCUT2D eigenvalue weighted by molar-refractivity contribution is 7.90. The SMILES string of the molecule is CC1CCNCC1NS(=O)(=O)C1CC1.Cl. The van der Waals surface area contributed by atoms with Gasteiger partial charge in [0.1, 0.15) is 0 Å². The van der Waals surface area contributed by atoms with Gasteiger partial charge in [-0.25, -0.2) is 13.1 Å². The molecule has 0 bridgehead atoms. The molecule has 90 valence electrons. The van der Waals surface area contributed by atoms with E-state index in [9.17, 15) is 8.42 Å². The Morgan fingerprint density at radius 2 is 1.93 bits per heavy atom. The maximum Gasteiger partial charge on any atom is 0.214 e. The lowest BCUT2D eigenvalue weighted by atomic mass is 9.96. The molecule has 1 aliphatic carbocycles. The third-order valence-electron chi connectivity index (χ3n) is 3.11. The van der Waals surface area contributed by atoms with E-state index in [1.165, 1.54) is 0 Å². The van der Waals surface area contributed by atoms with E-state index in [-0.39, 0.29) is 23.7 Å². The van der Waals surface area contributed by atoms with Gasteiger partial charge < -0.3 is 5.32 Å². The molecule has 6 heteroatoms. The van der Waals surface area contributed by atoms with E-state index in [2.05, 4.69) is 17.0 Å². The average Bonchev–Trinajstić information content (AvgIpc) is 2.91. The van der Waals surface area contributed by atoms with Gasteiger partial charge in [-0.3, -0.25) is 0 Å². The molecule has 1 saturated heterocycles. The Hall–Kier alpha value is 0.160. The molecule has 2 N–H and O–H groups in total. The summed E-state index contributed by atoms with van der Waals surface area (Å²) in [5.41, 5.74) is 0. The van der Waals surface area contributed by atoms with Crippen LogP contribution < -0.4 is 10.0 Å². The highest BCUT2D eigenvalue weighted by Crippen LogP contribution is 2.28. The molecule has 0 spiro atoms. The Morgan fingerprint density at radius 1 is 1.27 bits per heavy atom. The third-order valence-corrected chi connectivity index (χ3v) is 5.09. The lowest BCUT2D eigenvalue weighted by Gasteiger charge is -2.29. The first-order valence-corrected chi connectivity index (χ1v) is 6.86. The van der Waals surface area contributed by atoms with Crippen LogP contribution in [0.3, 0.4) is 0 Å². The molecule has 0 aromatic heterocycles. The number of halogens is 1. The van der Waals surface area contributed by atoms with Crippen LogP contribution in [-0.4, -0.2) is 32.8 Å². The van der Waals surface area contributed by atoms with Crippen LogP contribution in [0.2, 0.25) is 0 Å². The molecule has 4 nitrogen and oxygen atoms in total. The summed E-state index contributed by atoms with van der Waals surface area (Å²) in [6.45, 7) is 3.89. The minimum absolute atomic E-state index is 0. The van der Waals surface area contributed by atoms with E-state index in [1.807, 2.05) is 0 Å². The van der Waals surface area contributed by atoms with E-state index in [0.29, 0.717) is 5.92 Å². The molecule has 2 unspecified atom stereocenters. The first kappa shape index (κ1) is 13.2. The Bertz CT molecular complexity index is 303. The number of hydrogen-bond acceptors (Lipinski definition) is 3. The van der Waals surface area contributed by atoms with Crippen LogP contribution in [0.25, 0.3) is 0 Å². The average molecular weight is 255 g/mol. The Balaban J connectivity index is 0.00000112. The van der Waals surface area contributed by atoms with Crippen molar-refractivity contribution in [1.82, 2.24) is 10.0 Å². The molecule has 2 aliphatic rings. The van der Waals surface area contributed by atoms with Gasteiger partial charge in [-0.15, -0.1) is 12.4 Å². The molecule has 2 fully saturated rings. The van der Waals surface area contributed by atoms with E-state index in [4.69, 9.17) is 0 Å². The molecule has 2 rings (SSSR count). The second-order valence-corrected chi connectivity index (χ2v) is 6.43. The molecule has 1 heterocycles. The van der Waals surface area contributed by atoms with E-state index >= 15 is 0 Å². The van der Waals surface area contributed by atoms with Crippen molar-refractivity contribution in [3.05, 3.63) is 0 Å². The zero-order chi connectivity index (χ0) is 10.2. The van der Waals surface area contributed by atoms with Crippen molar-refractivity contribution in [1.29, 1.82) is 0 Å². The van der Waals surface area contributed by atoms with Crippen molar-refractivity contribution in [3.8, 4) is 0 Å². The second-order valence-electron chi connectivity index (χ2n) is 4.44. The van der Waals surface area contributed by atoms with Gasteiger partial charge in [0.15, 0.2) is 0 Å². The Morgan fingerprint density at radius 3 is 2.47 bits per heavy atom. The fourth-order valence-electron chi connectivity index (χ4n) is 1.83. The standard InChI is InChI=1S/C9H18N2O2S.ClH/c1-7-4-5-10-6-9(7)11-14(12,13)8-2-3-8;/h7-11H,2-6H2,1H3;1H. The number of sulfonamides is 1. The van der Waals surface area contributed by atoms with Gasteiger partial charge in [0.25, 0.3) is 0 Å². The van der Waals surface area contributed by atoms with Crippen LogP contribution >= 0.6 is 12.4 Å². The molecule has 2 atom stereocenters. The summed E-state index contributed by atoms with van der Waals surface area (Å²) in [4.78, 5) is 0. The fourth-order valence-corrected chi connectivity index (χ4v) is 3.52. The second kappa shape index (κ2) is 4.99. The highest BCUT2D eigenvalue weighted by atomic mass is 35.5. The number of hydrogen-bond donors (Lipinski definition) is 2. The van der Waals surface area contributed by atoms with E-state index in [1.54, 1.807) is 0 Å². The largest absolute Gasteiger partial charge is 0.315 e. The normalized spacial score (nSPS) is 32.1. The van der Waals surface area contributed by atoms with Gasteiger partial charge in [-0.05, 0) is 31.7 Å². The van der Waals surface area contributed by atoms with Crippen molar-refractivity contribution in [3.63, 3.8) is 0 Å². The fraction of sp³-hybridized carbons (Fsp3) is 1.00. The summed E-state index contributed by atoms with van der Waals surface area (Å²) in [6, 6.07) is 0.0920. The lowest BCUT2D eigenvalue weighted by Crippen LogP contribution is -2.50. The molecular weight excluding hydrogens is 236 g/mol. The van der Waals surface area contributed by atoms with Crippen molar-refractivity contribution in [2.45, 2.75) is 37.5 Å². The van der Waals surface area contributed by atoms with Crippen LogP contribution in [0.1, 0.15) is 26.2 Å². The van der Waals surface area contributed by atoms with Gasteiger partial charge in [-0.1, -0.05) is 6.92 Å². The molecule has 0 aromatic rings. The molecule has 1 saturated carbocycles. The predicted octanol–water partition coefficient (Wildman–Crippen LogP) is 0.488. The zero-order valence-corrected chi connectivity index (χ0v) is 10.5. The maximum absolute atomic E-state index is 11.7. The van der Waals surface area contributed by atoms with Crippen molar-refractivity contribution < 1.29 is 8.42 Å². The van der Waals surface area contributed by atoms with Gasteiger partial charge >= 0.3 is 0 Å². The van der Waals surface area contributed by atoms with Crippen LogP contribution in [0.15, 0.2) is 0 Å². The zero-order valence-electron chi connectivity index (χ0n) is 8.90. The smallest absolute Gasteiger partial charge is 0.214 e. The predicted molar refractivity (Wildman–Crippen MR) is 62.8 cm³/mol. The van der Waals surface area contributed by atoms with Gasteiger partial charge in [0.05, 0.1) is 5.25 Å². The minimum atomic E-state index is -3.01. The van der Waals surface area contributed by atoms with Crippen molar-refractivity contribution >= 4 is 22.4 Å². The Labute approximate surface area is 97.7 Å². The van der Waals surface area contributed by atoms with Crippen LogP contribution in [0.5, 0.6) is 0 Å². The molecule has 0 radical (unpaired) electrons. The molecule has 0 amide bonds. The summed E-state index contributed by atoms with van der Waals surface area (Å²) in [7, 11) is -3.01. The third kappa shape index (κ3) is 3.31. The number of piperidine rings is 1. The molecule has 1 aliphatic heterocycles. The topological polar surface area (TPSA) is 58.2 Å². The van der Waals surface area contributed by atoms with Crippen molar-refractivity contribution in [2.24, 2.45) is 5.92 Å². The van der Waals surface area contributed by atoms with Gasteiger partial charge in [0, 0.05) is 12.6 Å². The minimum Gasteiger partial charge on any atom is -0.315 e. The van der Waals surface area contributed by atoms with Crippen LogP contribution in [0, 0.1) is 5.92 Å². The monoisotopic (exact) mass is 254 g/mol. The quantitative estimate of drug-likeness (QED) is 0.771. The first-order chi connectivity index (χ1) is 6.59. The summed E-state index contributed by atoms with van der Waals surface area (Å²) in [5.74, 6) is 0.449. The lowest BCUT2D eigenvalue weighted by molar-refractivity contribution is 0.327. The summed E-state index contributed by atoms with van der Waals surface area (Å²) in [5, 5.41) is 3.12. The molecule has 15 heavy (non-hydrogen) atoms. The summed E-state index contributed by atoms with van der Waals surface area (Å²) in [6.07, 6.45) is 2.73. The molecule has 0 aromatic carbocycles. The number of nitrogens with one attached hydrogen (secondary N) is 2. The highest BCUT2D eigenvalue weighted by Gasteiger charge is 2.38. The summed E-state index contributed by atoms with van der Waals surface area (Å²) >= 11 is 0. The van der Waals surface area contributed by atoms with E-state index < -0.39 is 10.0 Å². The number of rotatable bonds is 3. The van der Waals surface area contributed by atoms with Crippen LogP contribution in [0.4, 0.5) is 0 Å². The van der Waals surface area contributed by atoms with Gasteiger partial charge in [0.2, 0.25) is 10.0 Å². The molecular formula is C9H19ClN2O2S. The Kier molecular flexibility index (Phi) is 4.40.